The molecule has 2 saturated carbocycles. The highest BCUT2D eigenvalue weighted by atomic mass is 16.5. The summed E-state index contributed by atoms with van der Waals surface area (Å²) in [6.45, 7) is 13.3. The van der Waals surface area contributed by atoms with Gasteiger partial charge in [-0.25, -0.2) is 0 Å². The van der Waals surface area contributed by atoms with Crippen molar-refractivity contribution in [3.8, 4) is 0 Å². The second-order valence-electron chi connectivity index (χ2n) is 15.2. The molecule has 5 nitrogen and oxygen atoms in total. The quantitative estimate of drug-likeness (QED) is 0.363. The van der Waals surface area contributed by atoms with Crippen LogP contribution in [0.15, 0.2) is 53.1 Å². The molecular weight excluding hydrogens is 532 g/mol. The first-order chi connectivity index (χ1) is 20.7. The summed E-state index contributed by atoms with van der Waals surface area (Å²) < 4.78 is 6.88. The third kappa shape index (κ3) is 6.56. The molecule has 0 spiro atoms. The summed E-state index contributed by atoms with van der Waals surface area (Å²) >= 11 is 0. The Balaban J connectivity index is 1.13. The van der Waals surface area contributed by atoms with E-state index in [2.05, 4.69) is 56.1 Å². The number of allylic oxidation sites excluding steroid dienone is 3. The molecule has 1 amide bonds. The first-order valence-electron chi connectivity index (χ1n) is 17.5. The van der Waals surface area contributed by atoms with Gasteiger partial charge in [0.2, 0.25) is 5.91 Å². The maximum absolute atomic E-state index is 12.7. The van der Waals surface area contributed by atoms with Crippen LogP contribution in [0, 0.1) is 35.0 Å². The third-order valence-corrected chi connectivity index (χ3v) is 12.3. The van der Waals surface area contributed by atoms with Crippen LogP contribution in [0.1, 0.15) is 91.0 Å². The van der Waals surface area contributed by atoms with Crippen LogP contribution in [0.5, 0.6) is 0 Å². The molecule has 3 aliphatic carbocycles. The molecule has 236 valence electrons. The van der Waals surface area contributed by atoms with Crippen molar-refractivity contribution in [2.75, 3.05) is 26.2 Å². The maximum Gasteiger partial charge on any atom is 0.220 e. The van der Waals surface area contributed by atoms with E-state index >= 15 is 0 Å². The van der Waals surface area contributed by atoms with Crippen molar-refractivity contribution in [2.45, 2.75) is 110 Å². The average molecular weight is 589 g/mol. The van der Waals surface area contributed by atoms with Crippen molar-refractivity contribution in [3.05, 3.63) is 58.7 Å². The van der Waals surface area contributed by atoms with E-state index in [0.717, 1.165) is 70.6 Å². The van der Waals surface area contributed by atoms with E-state index < -0.39 is 0 Å². The monoisotopic (exact) mass is 588 g/mol. The van der Waals surface area contributed by atoms with Gasteiger partial charge in [-0.3, -0.25) is 9.69 Å². The Labute approximate surface area is 260 Å². The molecule has 2 aliphatic heterocycles. The maximum atomic E-state index is 12.7. The lowest BCUT2D eigenvalue weighted by atomic mass is 9.56. The SMILES string of the molecule is C/C1=C2\C[C@H]3[C@@H](CCC4=C[C@@H](O)CC[C@@]43C)[C@@H]2CCO[C@@H]2C[C@H](C)CN(CCNC(=O)CCc3ccccc3)[C@H]2[C@@H](C)C1. The van der Waals surface area contributed by atoms with Gasteiger partial charge in [-0.15, -0.1) is 0 Å². The number of aliphatic hydroxyl groups excluding tert-OH is 1. The normalized spacial score (nSPS) is 40.0. The van der Waals surface area contributed by atoms with Gasteiger partial charge in [-0.1, -0.05) is 73.9 Å². The van der Waals surface area contributed by atoms with Crippen molar-refractivity contribution in [1.82, 2.24) is 10.2 Å². The van der Waals surface area contributed by atoms with Crippen LogP contribution in [0.2, 0.25) is 0 Å². The molecule has 0 aromatic heterocycles. The zero-order chi connectivity index (χ0) is 30.1. The Hall–Kier alpha value is -1.95. The molecule has 5 aliphatic rings. The molecule has 0 bridgehead atoms. The number of amides is 1. The first-order valence-corrected chi connectivity index (χ1v) is 17.5. The van der Waals surface area contributed by atoms with Crippen molar-refractivity contribution in [1.29, 1.82) is 0 Å². The summed E-state index contributed by atoms with van der Waals surface area (Å²) in [7, 11) is 0. The average Bonchev–Trinajstić information content (AvgIpc) is 3.36. The first kappa shape index (κ1) is 31.0. The summed E-state index contributed by atoms with van der Waals surface area (Å²) in [6, 6.07) is 10.7. The largest absolute Gasteiger partial charge is 0.389 e. The molecule has 43 heavy (non-hydrogen) atoms. The fourth-order valence-corrected chi connectivity index (χ4v) is 10.2. The molecule has 5 heteroatoms. The number of piperidine rings is 1. The van der Waals surface area contributed by atoms with Gasteiger partial charge in [0.1, 0.15) is 0 Å². The topological polar surface area (TPSA) is 61.8 Å². The Bertz CT molecular complexity index is 1190. The Kier molecular flexibility index (Phi) is 9.52. The molecule has 1 saturated heterocycles. The van der Waals surface area contributed by atoms with Crippen molar-refractivity contribution in [3.63, 3.8) is 0 Å². The van der Waals surface area contributed by atoms with Gasteiger partial charge in [-0.2, -0.15) is 0 Å². The van der Waals surface area contributed by atoms with Gasteiger partial charge >= 0.3 is 0 Å². The molecule has 2 heterocycles. The highest BCUT2D eigenvalue weighted by Crippen LogP contribution is 2.62. The number of fused-ring (bicyclic) bond motifs is 6. The van der Waals surface area contributed by atoms with Crippen LogP contribution < -0.4 is 5.32 Å². The second-order valence-corrected chi connectivity index (χ2v) is 15.2. The summed E-state index contributed by atoms with van der Waals surface area (Å²) in [5.74, 6) is 3.37. The molecule has 3 fully saturated rings. The van der Waals surface area contributed by atoms with Gasteiger partial charge in [0.25, 0.3) is 0 Å². The molecule has 2 N–H and O–H groups in total. The summed E-state index contributed by atoms with van der Waals surface area (Å²) in [6.07, 6.45) is 12.7. The number of carbonyl (C=O) groups excluding carboxylic acids is 1. The van der Waals surface area contributed by atoms with E-state index in [1.807, 2.05) is 18.2 Å². The minimum absolute atomic E-state index is 0.147. The number of hydrogen-bond donors (Lipinski definition) is 2. The van der Waals surface area contributed by atoms with Gasteiger partial charge < -0.3 is 15.2 Å². The molecule has 1 aromatic carbocycles. The molecule has 9 atom stereocenters. The Morgan fingerprint density at radius 1 is 1.14 bits per heavy atom. The number of ether oxygens (including phenoxy) is 1. The van der Waals surface area contributed by atoms with Gasteiger partial charge in [0, 0.05) is 38.7 Å². The number of carbonyl (C=O) groups is 1. The van der Waals surface area contributed by atoms with Gasteiger partial charge in [-0.05, 0) is 105 Å². The van der Waals surface area contributed by atoms with Gasteiger partial charge in [0.05, 0.1) is 12.2 Å². The van der Waals surface area contributed by atoms with E-state index in [9.17, 15) is 9.90 Å². The Morgan fingerprint density at radius 2 is 1.95 bits per heavy atom. The van der Waals surface area contributed by atoms with Crippen LogP contribution in [0.4, 0.5) is 0 Å². The van der Waals surface area contributed by atoms with E-state index in [0.29, 0.717) is 42.7 Å². The minimum atomic E-state index is -0.242. The lowest BCUT2D eigenvalue weighted by molar-refractivity contribution is -0.121. The number of likely N-dealkylation sites (tertiary alicyclic amines) is 1. The predicted molar refractivity (Wildman–Crippen MR) is 174 cm³/mol. The predicted octanol–water partition coefficient (Wildman–Crippen LogP) is 6.71. The molecule has 0 unspecified atom stereocenters. The summed E-state index contributed by atoms with van der Waals surface area (Å²) in [5, 5.41) is 13.6. The van der Waals surface area contributed by atoms with E-state index in [1.54, 1.807) is 16.7 Å². The smallest absolute Gasteiger partial charge is 0.220 e. The van der Waals surface area contributed by atoms with Crippen LogP contribution in [-0.2, 0) is 16.0 Å². The standard InChI is InChI=1S/C38H56N2O3/c1-25-20-35-37(40(24-25)18-17-39-36(42)13-10-28-8-6-5-7-9-28)27(3)21-26(2)33-23-34-32(31(33)15-19-43-35)12-11-29-22-30(41)14-16-38(29,34)4/h5-9,22,25,27,30-32,34-35,37,41H,10-21,23-24H2,1-4H3,(H,39,42)/b33-26-/t25-,27-,30-,31-,32-,34-,35+,37-,38-/m0/s1. The number of nitrogens with one attached hydrogen (secondary N) is 1. The lowest BCUT2D eigenvalue weighted by Gasteiger charge is -2.49. The lowest BCUT2D eigenvalue weighted by Crippen LogP contribution is -2.56. The number of hydrogen-bond acceptors (Lipinski definition) is 4. The van der Waals surface area contributed by atoms with E-state index in [1.165, 1.54) is 18.4 Å². The summed E-state index contributed by atoms with van der Waals surface area (Å²) in [5.41, 5.74) is 6.40. The van der Waals surface area contributed by atoms with Crippen molar-refractivity contribution in [2.24, 2.45) is 35.0 Å². The number of nitrogens with zero attached hydrogens (tertiary/aromatic N) is 1. The zero-order valence-electron chi connectivity index (χ0n) is 27.2. The van der Waals surface area contributed by atoms with Crippen LogP contribution in [0.3, 0.4) is 0 Å². The number of aryl methyl sites for hydroxylation is 1. The van der Waals surface area contributed by atoms with Gasteiger partial charge in [0.15, 0.2) is 0 Å². The fraction of sp³-hybridized carbons (Fsp3) is 0.711. The van der Waals surface area contributed by atoms with Crippen LogP contribution in [-0.4, -0.2) is 60.4 Å². The molecule has 6 rings (SSSR count). The number of rotatable bonds is 6. The molecular formula is C38H56N2O3. The van der Waals surface area contributed by atoms with Crippen LogP contribution >= 0.6 is 0 Å². The molecule has 1 aromatic rings. The van der Waals surface area contributed by atoms with Crippen LogP contribution in [0.25, 0.3) is 0 Å². The van der Waals surface area contributed by atoms with Crippen molar-refractivity contribution >= 4 is 5.91 Å². The second kappa shape index (κ2) is 13.2. The number of aliphatic hydroxyl groups is 1. The van der Waals surface area contributed by atoms with Crippen molar-refractivity contribution < 1.29 is 14.6 Å². The summed E-state index contributed by atoms with van der Waals surface area (Å²) in [4.78, 5) is 15.3. The van der Waals surface area contributed by atoms with E-state index in [4.69, 9.17) is 4.74 Å². The van der Waals surface area contributed by atoms with E-state index in [-0.39, 0.29) is 23.5 Å². The third-order valence-electron chi connectivity index (χ3n) is 12.3. The minimum Gasteiger partial charge on any atom is -0.389 e. The molecule has 0 radical (unpaired) electrons. The fourth-order valence-electron chi connectivity index (χ4n) is 10.2. The Morgan fingerprint density at radius 3 is 2.77 bits per heavy atom. The zero-order valence-corrected chi connectivity index (χ0v) is 27.2. The number of benzene rings is 1. The highest BCUT2D eigenvalue weighted by molar-refractivity contribution is 5.76. The highest BCUT2D eigenvalue weighted by Gasteiger charge is 2.53.